The monoisotopic (exact) mass is 347 g/mol. The van der Waals surface area contributed by atoms with Crippen LogP contribution in [0.5, 0.6) is 0 Å². The van der Waals surface area contributed by atoms with Crippen LogP contribution in [-0.2, 0) is 10.4 Å². The molecule has 0 aliphatic carbocycles. The van der Waals surface area contributed by atoms with Crippen LogP contribution in [-0.4, -0.2) is 28.8 Å². The average molecular weight is 347 g/mol. The summed E-state index contributed by atoms with van der Waals surface area (Å²) in [5.74, 6) is -1.55. The zero-order chi connectivity index (χ0) is 18.0. The second kappa shape index (κ2) is 6.70. The third kappa shape index (κ3) is 3.80. The number of carbonyl (C=O) groups excluding carboxylic acids is 1. The number of alkyl halides is 3. The molecule has 6 nitrogen and oxygen atoms in total. The molecule has 2 rings (SSSR count). The highest BCUT2D eigenvalue weighted by atomic mass is 19.4. The molecular weight excluding hydrogens is 331 g/mol. The van der Waals surface area contributed by atoms with E-state index in [1.807, 2.05) is 0 Å². The number of aliphatic hydroxyl groups is 2. The van der Waals surface area contributed by atoms with Crippen molar-refractivity contribution in [3.05, 3.63) is 47.8 Å². The molecule has 2 atom stereocenters. The van der Waals surface area contributed by atoms with Gasteiger partial charge in [0.2, 0.25) is 11.5 Å². The van der Waals surface area contributed by atoms with E-state index in [1.54, 1.807) is 0 Å². The first-order chi connectivity index (χ1) is 11.1. The maximum atomic E-state index is 13.2. The van der Waals surface area contributed by atoms with E-state index >= 15 is 0 Å². The Kier molecular flexibility index (Phi) is 5.05. The number of furan rings is 2. The van der Waals surface area contributed by atoms with E-state index in [9.17, 15) is 28.2 Å². The quantitative estimate of drug-likeness (QED) is 0.744. The Hall–Kier alpha value is -2.26. The summed E-state index contributed by atoms with van der Waals surface area (Å²) in [5.41, 5.74) is -3.46. The molecule has 0 spiro atoms. The second-order valence-corrected chi connectivity index (χ2v) is 5.28. The molecule has 2 unspecified atom stereocenters. The van der Waals surface area contributed by atoms with E-state index in [4.69, 9.17) is 8.83 Å². The molecule has 0 saturated heterocycles. The number of hydrogen-bond donors (Lipinski definition) is 3. The van der Waals surface area contributed by atoms with Crippen molar-refractivity contribution < 1.29 is 37.0 Å². The highest BCUT2D eigenvalue weighted by molar-refractivity contribution is 5.77. The average Bonchev–Trinajstić information content (AvgIpc) is 3.14. The summed E-state index contributed by atoms with van der Waals surface area (Å²) in [7, 11) is 0. The van der Waals surface area contributed by atoms with Gasteiger partial charge >= 0.3 is 6.18 Å². The minimum absolute atomic E-state index is 0.156. The minimum Gasteiger partial charge on any atom is -0.467 e. The summed E-state index contributed by atoms with van der Waals surface area (Å²) in [6.07, 6.45) is -6.32. The summed E-state index contributed by atoms with van der Waals surface area (Å²) in [6.45, 7) is 1.05. The van der Waals surface area contributed by atoms with Crippen molar-refractivity contribution >= 4 is 5.91 Å². The van der Waals surface area contributed by atoms with Gasteiger partial charge in [0.15, 0.2) is 0 Å². The molecule has 0 aliphatic rings. The van der Waals surface area contributed by atoms with Gasteiger partial charge in [-0.2, -0.15) is 13.2 Å². The number of halogens is 3. The summed E-state index contributed by atoms with van der Waals surface area (Å²) in [6, 6.07) is 5.19. The van der Waals surface area contributed by atoms with Crippen LogP contribution < -0.4 is 5.32 Å². The third-order valence-electron chi connectivity index (χ3n) is 3.40. The molecule has 3 N–H and O–H groups in total. The molecule has 0 saturated carbocycles. The predicted octanol–water partition coefficient (Wildman–Crippen LogP) is 2.17. The third-order valence-corrected chi connectivity index (χ3v) is 3.40. The summed E-state index contributed by atoms with van der Waals surface area (Å²) >= 11 is 0. The lowest BCUT2D eigenvalue weighted by molar-refractivity contribution is -0.273. The van der Waals surface area contributed by atoms with Gasteiger partial charge in [-0.25, -0.2) is 0 Å². The SMILES string of the molecule is Cc1ccc(C(O)(CC(=O)NCC(O)c2ccco2)C(F)(F)F)o1. The lowest BCUT2D eigenvalue weighted by Gasteiger charge is -2.28. The first kappa shape index (κ1) is 18.1. The zero-order valence-corrected chi connectivity index (χ0v) is 12.6. The molecule has 132 valence electrons. The Labute approximate surface area is 134 Å². The second-order valence-electron chi connectivity index (χ2n) is 5.28. The van der Waals surface area contributed by atoms with E-state index in [-0.39, 0.29) is 18.1 Å². The first-order valence-corrected chi connectivity index (χ1v) is 6.97. The van der Waals surface area contributed by atoms with Crippen LogP contribution in [0, 0.1) is 6.92 Å². The molecule has 2 aromatic heterocycles. The van der Waals surface area contributed by atoms with Crippen molar-refractivity contribution in [1.29, 1.82) is 0 Å². The fourth-order valence-electron chi connectivity index (χ4n) is 2.07. The number of nitrogens with one attached hydrogen (secondary N) is 1. The molecular formula is C15H16F3NO5. The van der Waals surface area contributed by atoms with Crippen molar-refractivity contribution in [2.24, 2.45) is 0 Å². The number of rotatable bonds is 6. The number of carbonyl (C=O) groups is 1. The van der Waals surface area contributed by atoms with E-state index in [0.29, 0.717) is 0 Å². The zero-order valence-electron chi connectivity index (χ0n) is 12.6. The molecule has 0 fully saturated rings. The van der Waals surface area contributed by atoms with E-state index in [1.165, 1.54) is 31.4 Å². The molecule has 0 aromatic carbocycles. The maximum Gasteiger partial charge on any atom is 0.425 e. The van der Waals surface area contributed by atoms with Crippen molar-refractivity contribution in [2.75, 3.05) is 6.54 Å². The molecule has 2 heterocycles. The van der Waals surface area contributed by atoms with Gasteiger partial charge < -0.3 is 24.4 Å². The van der Waals surface area contributed by atoms with E-state index in [0.717, 1.165) is 6.07 Å². The highest BCUT2D eigenvalue weighted by Gasteiger charge is 2.58. The Morgan fingerprint density at radius 2 is 2.04 bits per heavy atom. The molecule has 0 aliphatic heterocycles. The normalized spacial score (nSPS) is 15.8. The highest BCUT2D eigenvalue weighted by Crippen LogP contribution is 2.42. The van der Waals surface area contributed by atoms with Crippen LogP contribution >= 0.6 is 0 Å². The van der Waals surface area contributed by atoms with Crippen molar-refractivity contribution in [1.82, 2.24) is 5.32 Å². The van der Waals surface area contributed by atoms with Gasteiger partial charge in [0.05, 0.1) is 19.2 Å². The van der Waals surface area contributed by atoms with Gasteiger partial charge in [-0.1, -0.05) is 0 Å². The lowest BCUT2D eigenvalue weighted by Crippen LogP contribution is -2.46. The summed E-state index contributed by atoms with van der Waals surface area (Å²) in [5, 5.41) is 21.8. The van der Waals surface area contributed by atoms with Crippen LogP contribution in [0.4, 0.5) is 13.2 Å². The lowest BCUT2D eigenvalue weighted by atomic mass is 9.95. The standard InChI is InChI=1S/C15H16F3NO5/c1-9-4-5-12(24-9)14(22,15(16,17)18)7-13(21)19-8-10(20)11-3-2-6-23-11/h2-6,10,20,22H,7-8H2,1H3,(H,19,21). The molecule has 9 heteroatoms. The van der Waals surface area contributed by atoms with Crippen LogP contribution in [0.3, 0.4) is 0 Å². The fourth-order valence-corrected chi connectivity index (χ4v) is 2.07. The van der Waals surface area contributed by atoms with Crippen LogP contribution in [0.2, 0.25) is 0 Å². The largest absolute Gasteiger partial charge is 0.467 e. The van der Waals surface area contributed by atoms with E-state index < -0.39 is 36.0 Å². The molecule has 24 heavy (non-hydrogen) atoms. The minimum atomic E-state index is -5.12. The van der Waals surface area contributed by atoms with Gasteiger partial charge in [0.25, 0.3) is 0 Å². The summed E-state index contributed by atoms with van der Waals surface area (Å²) < 4.78 is 49.4. The van der Waals surface area contributed by atoms with Crippen LogP contribution in [0.1, 0.15) is 29.8 Å². The van der Waals surface area contributed by atoms with Gasteiger partial charge in [-0.05, 0) is 31.2 Å². The number of amides is 1. The Morgan fingerprint density at radius 3 is 2.54 bits per heavy atom. The van der Waals surface area contributed by atoms with E-state index in [2.05, 4.69) is 5.32 Å². The Balaban J connectivity index is 2.05. The van der Waals surface area contributed by atoms with Gasteiger partial charge in [0, 0.05) is 0 Å². The summed E-state index contributed by atoms with van der Waals surface area (Å²) in [4.78, 5) is 11.8. The Morgan fingerprint density at radius 1 is 1.33 bits per heavy atom. The van der Waals surface area contributed by atoms with Crippen molar-refractivity contribution in [3.63, 3.8) is 0 Å². The van der Waals surface area contributed by atoms with Gasteiger partial charge in [-0.3, -0.25) is 4.79 Å². The maximum absolute atomic E-state index is 13.2. The number of hydrogen-bond acceptors (Lipinski definition) is 5. The van der Waals surface area contributed by atoms with Crippen LogP contribution in [0.15, 0.2) is 39.4 Å². The fraction of sp³-hybridized carbons (Fsp3) is 0.400. The van der Waals surface area contributed by atoms with Gasteiger partial charge in [-0.15, -0.1) is 0 Å². The molecule has 2 aromatic rings. The van der Waals surface area contributed by atoms with Crippen molar-refractivity contribution in [3.8, 4) is 0 Å². The smallest absolute Gasteiger partial charge is 0.425 e. The molecule has 0 radical (unpaired) electrons. The number of aliphatic hydroxyl groups excluding tert-OH is 1. The topological polar surface area (TPSA) is 95.8 Å². The first-order valence-electron chi connectivity index (χ1n) is 6.97. The Bertz CT molecular complexity index is 680. The predicted molar refractivity (Wildman–Crippen MR) is 74.7 cm³/mol. The van der Waals surface area contributed by atoms with Crippen molar-refractivity contribution in [2.45, 2.75) is 31.2 Å². The molecule has 1 amide bonds. The number of aryl methyl sites for hydroxylation is 1. The van der Waals surface area contributed by atoms with Crippen LogP contribution in [0.25, 0.3) is 0 Å². The molecule has 0 bridgehead atoms. The van der Waals surface area contributed by atoms with Gasteiger partial charge in [0.1, 0.15) is 23.4 Å².